The molecule has 2 atom stereocenters. The molecule has 1 fully saturated rings. The lowest BCUT2D eigenvalue weighted by molar-refractivity contribution is -0.145. The topological polar surface area (TPSA) is 88.3 Å². The Morgan fingerprint density at radius 3 is 2.59 bits per heavy atom. The molecular weight excluding hydrogens is 344 g/mol. The van der Waals surface area contributed by atoms with E-state index in [2.05, 4.69) is 11.1 Å². The molecule has 1 aliphatic rings. The maximum absolute atomic E-state index is 12.6. The Morgan fingerprint density at radius 1 is 1.30 bits per heavy atom. The highest BCUT2D eigenvalue weighted by Gasteiger charge is 2.30. The predicted octanol–water partition coefficient (Wildman–Crippen LogP) is 2.66. The van der Waals surface area contributed by atoms with Crippen LogP contribution in [0.1, 0.15) is 31.9 Å². The third-order valence-corrected chi connectivity index (χ3v) is 4.73. The Kier molecular flexibility index (Phi) is 6.20. The van der Waals surface area contributed by atoms with E-state index in [4.69, 9.17) is 14.5 Å². The highest BCUT2D eigenvalue weighted by atomic mass is 16.5. The molecule has 1 aromatic carbocycles. The van der Waals surface area contributed by atoms with Crippen molar-refractivity contribution >= 4 is 22.8 Å². The predicted molar refractivity (Wildman–Crippen MR) is 101 cm³/mol. The molecule has 0 spiro atoms. The van der Waals surface area contributed by atoms with Gasteiger partial charge in [-0.25, -0.2) is 9.97 Å². The molecule has 0 aliphatic carbocycles. The number of anilines is 1. The quantitative estimate of drug-likeness (QED) is 0.724. The molecule has 7 heteroatoms. The van der Waals surface area contributed by atoms with Gasteiger partial charge in [0.1, 0.15) is 5.69 Å². The molecule has 0 amide bonds. The first-order chi connectivity index (χ1) is 13.1. The van der Waals surface area contributed by atoms with Crippen LogP contribution < -0.4 is 4.90 Å². The highest BCUT2D eigenvalue weighted by molar-refractivity contribution is 5.85. The van der Waals surface area contributed by atoms with Gasteiger partial charge in [-0.2, -0.15) is 5.26 Å². The van der Waals surface area contributed by atoms with Crippen molar-refractivity contribution in [2.45, 2.75) is 26.2 Å². The van der Waals surface area contributed by atoms with Crippen molar-refractivity contribution in [3.8, 4) is 6.07 Å². The first-order valence-corrected chi connectivity index (χ1v) is 9.29. The Morgan fingerprint density at radius 2 is 1.96 bits per heavy atom. The van der Waals surface area contributed by atoms with Gasteiger partial charge in [0.25, 0.3) is 0 Å². The minimum atomic E-state index is -1.11. The summed E-state index contributed by atoms with van der Waals surface area (Å²) in [4.78, 5) is 24.0. The summed E-state index contributed by atoms with van der Waals surface area (Å²) in [5.41, 5.74) is 1.74. The van der Waals surface area contributed by atoms with Gasteiger partial charge in [0, 0.05) is 13.1 Å². The Bertz CT molecular complexity index is 843. The van der Waals surface area contributed by atoms with Crippen molar-refractivity contribution in [1.29, 1.82) is 5.26 Å². The van der Waals surface area contributed by atoms with E-state index in [9.17, 15) is 10.1 Å². The molecule has 27 heavy (non-hydrogen) atoms. The summed E-state index contributed by atoms with van der Waals surface area (Å²) < 4.78 is 10.8. The number of esters is 1. The fourth-order valence-electron chi connectivity index (χ4n) is 2.86. The lowest BCUT2D eigenvalue weighted by atomic mass is 10.1. The minimum absolute atomic E-state index is 0.245. The summed E-state index contributed by atoms with van der Waals surface area (Å²) in [5.74, 6) is -0.875. The summed E-state index contributed by atoms with van der Waals surface area (Å²) in [7, 11) is 0. The van der Waals surface area contributed by atoms with E-state index in [1.165, 1.54) is 0 Å². The normalized spacial score (nSPS) is 16.6. The van der Waals surface area contributed by atoms with Crippen LogP contribution in [0.5, 0.6) is 0 Å². The SMILES string of the molecule is CC[C@H](C)COC(=O)[C@H](C#N)c1nc2ccccc2nc1N1CCOCC1. The minimum Gasteiger partial charge on any atom is -0.464 e. The average molecular weight is 368 g/mol. The summed E-state index contributed by atoms with van der Waals surface area (Å²) >= 11 is 0. The molecular formula is C20H24N4O3. The molecule has 0 N–H and O–H groups in total. The number of aromatic nitrogens is 2. The lowest BCUT2D eigenvalue weighted by Crippen LogP contribution is -2.38. The molecule has 2 aromatic rings. The summed E-state index contributed by atoms with van der Waals surface area (Å²) in [5, 5.41) is 9.71. The van der Waals surface area contributed by atoms with Gasteiger partial charge in [-0.15, -0.1) is 0 Å². The van der Waals surface area contributed by atoms with Crippen LogP contribution in [-0.4, -0.2) is 48.8 Å². The number of nitrogens with zero attached hydrogens (tertiary/aromatic N) is 4. The first-order valence-electron chi connectivity index (χ1n) is 9.29. The van der Waals surface area contributed by atoms with Crippen LogP contribution in [0, 0.1) is 17.2 Å². The zero-order chi connectivity index (χ0) is 19.2. The Hall–Kier alpha value is -2.72. The van der Waals surface area contributed by atoms with Crippen LogP contribution in [-0.2, 0) is 14.3 Å². The van der Waals surface area contributed by atoms with E-state index < -0.39 is 11.9 Å². The van der Waals surface area contributed by atoms with Gasteiger partial charge in [-0.05, 0) is 18.1 Å². The van der Waals surface area contributed by atoms with Crippen molar-refractivity contribution in [2.75, 3.05) is 37.8 Å². The van der Waals surface area contributed by atoms with Crippen molar-refractivity contribution in [1.82, 2.24) is 9.97 Å². The largest absolute Gasteiger partial charge is 0.464 e. The number of benzene rings is 1. The molecule has 1 saturated heterocycles. The van der Waals surface area contributed by atoms with Gasteiger partial charge in [0.15, 0.2) is 11.7 Å². The molecule has 0 saturated carbocycles. The van der Waals surface area contributed by atoms with Crippen molar-refractivity contribution in [3.05, 3.63) is 30.0 Å². The van der Waals surface area contributed by atoms with Gasteiger partial charge in [-0.1, -0.05) is 32.4 Å². The number of morpholine rings is 1. The second-order valence-corrected chi connectivity index (χ2v) is 6.73. The molecule has 0 bridgehead atoms. The van der Waals surface area contributed by atoms with Gasteiger partial charge < -0.3 is 14.4 Å². The van der Waals surface area contributed by atoms with Gasteiger partial charge >= 0.3 is 5.97 Å². The van der Waals surface area contributed by atoms with E-state index in [0.29, 0.717) is 49.9 Å². The fourth-order valence-corrected chi connectivity index (χ4v) is 2.86. The molecule has 2 heterocycles. The van der Waals surface area contributed by atoms with Crippen molar-refractivity contribution in [3.63, 3.8) is 0 Å². The van der Waals surface area contributed by atoms with Crippen LogP contribution in [0.4, 0.5) is 5.82 Å². The number of hydrogen-bond acceptors (Lipinski definition) is 7. The van der Waals surface area contributed by atoms with Gasteiger partial charge in [0.2, 0.25) is 0 Å². The second-order valence-electron chi connectivity index (χ2n) is 6.73. The molecule has 1 aliphatic heterocycles. The summed E-state index contributed by atoms with van der Waals surface area (Å²) in [6, 6.07) is 9.52. The number of fused-ring (bicyclic) bond motifs is 1. The zero-order valence-electron chi connectivity index (χ0n) is 15.7. The van der Waals surface area contributed by atoms with Crippen LogP contribution in [0.3, 0.4) is 0 Å². The number of para-hydroxylation sites is 2. The smallest absolute Gasteiger partial charge is 0.329 e. The van der Waals surface area contributed by atoms with Crippen molar-refractivity contribution < 1.29 is 14.3 Å². The highest BCUT2D eigenvalue weighted by Crippen LogP contribution is 2.28. The van der Waals surface area contributed by atoms with Gasteiger partial charge in [-0.3, -0.25) is 4.79 Å². The fraction of sp³-hybridized carbons (Fsp3) is 0.500. The summed E-state index contributed by atoms with van der Waals surface area (Å²) in [6.45, 7) is 6.75. The average Bonchev–Trinajstić information content (AvgIpc) is 2.72. The third-order valence-electron chi connectivity index (χ3n) is 4.73. The monoisotopic (exact) mass is 368 g/mol. The second kappa shape index (κ2) is 8.78. The van der Waals surface area contributed by atoms with E-state index in [1.807, 2.05) is 43.0 Å². The Labute approximate surface area is 158 Å². The number of hydrogen-bond donors (Lipinski definition) is 0. The van der Waals surface area contributed by atoms with Crippen LogP contribution in [0.25, 0.3) is 11.0 Å². The van der Waals surface area contributed by atoms with Crippen LogP contribution >= 0.6 is 0 Å². The van der Waals surface area contributed by atoms with E-state index in [0.717, 1.165) is 11.9 Å². The molecule has 3 rings (SSSR count). The molecule has 7 nitrogen and oxygen atoms in total. The number of ether oxygens (including phenoxy) is 2. The number of carbonyl (C=O) groups excluding carboxylic acids is 1. The number of nitriles is 1. The first kappa shape index (κ1) is 19.1. The zero-order valence-corrected chi connectivity index (χ0v) is 15.7. The van der Waals surface area contributed by atoms with Gasteiger partial charge in [0.05, 0.1) is 36.9 Å². The molecule has 1 aromatic heterocycles. The molecule has 0 radical (unpaired) electrons. The third kappa shape index (κ3) is 4.34. The number of rotatable bonds is 6. The lowest BCUT2D eigenvalue weighted by Gasteiger charge is -2.29. The van der Waals surface area contributed by atoms with Crippen LogP contribution in [0.15, 0.2) is 24.3 Å². The molecule has 0 unspecified atom stereocenters. The van der Waals surface area contributed by atoms with Crippen LogP contribution in [0.2, 0.25) is 0 Å². The number of carbonyl (C=O) groups is 1. The maximum atomic E-state index is 12.6. The van der Waals surface area contributed by atoms with E-state index in [-0.39, 0.29) is 5.92 Å². The standard InChI is InChI=1S/C20H24N4O3/c1-3-14(2)13-27-20(25)15(12-21)18-19(24-8-10-26-11-9-24)23-17-7-5-4-6-16(17)22-18/h4-7,14-15H,3,8-11,13H2,1-2H3/t14-,15+/m0/s1. The van der Waals surface area contributed by atoms with E-state index in [1.54, 1.807) is 0 Å². The summed E-state index contributed by atoms with van der Waals surface area (Å²) in [6.07, 6.45) is 0.902. The van der Waals surface area contributed by atoms with Crippen molar-refractivity contribution in [2.24, 2.45) is 5.92 Å². The Balaban J connectivity index is 1.98. The van der Waals surface area contributed by atoms with E-state index >= 15 is 0 Å². The maximum Gasteiger partial charge on any atom is 0.329 e. The molecule has 142 valence electrons.